The first kappa shape index (κ1) is 10.2. The Kier molecular flexibility index (Phi) is 3.01. The lowest BCUT2D eigenvalue weighted by Gasteiger charge is -2.26. The molecule has 0 aliphatic rings. The molecule has 1 unspecified atom stereocenters. The van der Waals surface area contributed by atoms with Crippen LogP contribution in [0.5, 0.6) is 0 Å². The molecule has 0 amide bonds. The standard InChI is InChI=1S/C10H14FNO/c1-2-10(12,7-13)8-4-3-5-9(11)6-8/h3-6,13H,2,7,12H2,1H3. The maximum absolute atomic E-state index is 12.8. The fourth-order valence-corrected chi connectivity index (χ4v) is 1.21. The second-order valence-electron chi connectivity index (χ2n) is 3.18. The smallest absolute Gasteiger partial charge is 0.123 e. The second kappa shape index (κ2) is 3.85. The van der Waals surface area contributed by atoms with Gasteiger partial charge in [-0.25, -0.2) is 4.39 Å². The number of benzene rings is 1. The maximum Gasteiger partial charge on any atom is 0.123 e. The number of aliphatic hydroxyl groups is 1. The Hall–Kier alpha value is -0.930. The van der Waals surface area contributed by atoms with Crippen molar-refractivity contribution in [2.75, 3.05) is 6.61 Å². The molecule has 13 heavy (non-hydrogen) atoms. The Labute approximate surface area is 77.2 Å². The van der Waals surface area contributed by atoms with Crippen molar-refractivity contribution in [3.63, 3.8) is 0 Å². The molecule has 0 bridgehead atoms. The maximum atomic E-state index is 12.8. The van der Waals surface area contributed by atoms with Gasteiger partial charge < -0.3 is 10.8 Å². The van der Waals surface area contributed by atoms with Crippen LogP contribution in [0, 0.1) is 5.82 Å². The summed E-state index contributed by atoms with van der Waals surface area (Å²) in [6.45, 7) is 1.69. The van der Waals surface area contributed by atoms with Gasteiger partial charge in [0.2, 0.25) is 0 Å². The Balaban J connectivity index is 3.05. The lowest BCUT2D eigenvalue weighted by atomic mass is 9.89. The van der Waals surface area contributed by atoms with Gasteiger partial charge in [0.1, 0.15) is 5.82 Å². The van der Waals surface area contributed by atoms with Crippen molar-refractivity contribution in [2.24, 2.45) is 5.73 Å². The molecule has 0 saturated carbocycles. The van der Waals surface area contributed by atoms with E-state index in [9.17, 15) is 4.39 Å². The lowest BCUT2D eigenvalue weighted by molar-refractivity contribution is 0.192. The van der Waals surface area contributed by atoms with E-state index < -0.39 is 5.54 Å². The second-order valence-corrected chi connectivity index (χ2v) is 3.18. The fourth-order valence-electron chi connectivity index (χ4n) is 1.21. The van der Waals surface area contributed by atoms with Crippen molar-refractivity contribution < 1.29 is 9.50 Å². The fraction of sp³-hybridized carbons (Fsp3) is 0.400. The van der Waals surface area contributed by atoms with E-state index in [4.69, 9.17) is 10.8 Å². The van der Waals surface area contributed by atoms with Crippen LogP contribution in [0.2, 0.25) is 0 Å². The molecule has 0 fully saturated rings. The van der Waals surface area contributed by atoms with Crippen molar-refractivity contribution in [1.82, 2.24) is 0 Å². The predicted octanol–water partition coefficient (Wildman–Crippen LogP) is 1.38. The topological polar surface area (TPSA) is 46.2 Å². The van der Waals surface area contributed by atoms with Gasteiger partial charge in [0.25, 0.3) is 0 Å². The molecule has 2 nitrogen and oxygen atoms in total. The van der Waals surface area contributed by atoms with Crippen molar-refractivity contribution in [3.05, 3.63) is 35.6 Å². The molecule has 1 rings (SSSR count). The van der Waals surface area contributed by atoms with Gasteiger partial charge in [0.15, 0.2) is 0 Å². The number of nitrogens with two attached hydrogens (primary N) is 1. The normalized spacial score (nSPS) is 15.4. The van der Waals surface area contributed by atoms with Crippen LogP contribution in [0.3, 0.4) is 0 Å². The number of hydrogen-bond donors (Lipinski definition) is 2. The van der Waals surface area contributed by atoms with E-state index in [1.165, 1.54) is 12.1 Å². The average molecular weight is 183 g/mol. The van der Waals surface area contributed by atoms with Crippen molar-refractivity contribution in [3.8, 4) is 0 Å². The van der Waals surface area contributed by atoms with Crippen LogP contribution in [-0.4, -0.2) is 11.7 Å². The molecule has 72 valence electrons. The average Bonchev–Trinajstić information content (AvgIpc) is 2.17. The number of hydrogen-bond acceptors (Lipinski definition) is 2. The molecule has 0 aliphatic carbocycles. The number of rotatable bonds is 3. The van der Waals surface area contributed by atoms with Gasteiger partial charge in [-0.3, -0.25) is 0 Å². The van der Waals surface area contributed by atoms with E-state index in [-0.39, 0.29) is 12.4 Å². The van der Waals surface area contributed by atoms with Crippen LogP contribution in [0.4, 0.5) is 4.39 Å². The first-order valence-electron chi connectivity index (χ1n) is 4.28. The highest BCUT2D eigenvalue weighted by Crippen LogP contribution is 2.21. The van der Waals surface area contributed by atoms with E-state index in [2.05, 4.69) is 0 Å². The third-order valence-electron chi connectivity index (χ3n) is 2.31. The SMILES string of the molecule is CCC(N)(CO)c1cccc(F)c1. The summed E-state index contributed by atoms with van der Waals surface area (Å²) >= 11 is 0. The first-order chi connectivity index (χ1) is 6.12. The van der Waals surface area contributed by atoms with Crippen LogP contribution in [-0.2, 0) is 5.54 Å². The van der Waals surface area contributed by atoms with Crippen LogP contribution in [0.15, 0.2) is 24.3 Å². The Morgan fingerprint density at radius 3 is 2.69 bits per heavy atom. The molecule has 1 atom stereocenters. The minimum absolute atomic E-state index is 0.174. The molecule has 3 heteroatoms. The molecule has 1 aromatic rings. The zero-order valence-corrected chi connectivity index (χ0v) is 7.63. The van der Waals surface area contributed by atoms with Gasteiger partial charge in [-0.1, -0.05) is 19.1 Å². The molecule has 0 aliphatic heterocycles. The van der Waals surface area contributed by atoms with Crippen molar-refractivity contribution in [2.45, 2.75) is 18.9 Å². The molecular formula is C10H14FNO. The number of aliphatic hydroxyl groups excluding tert-OH is 1. The van der Waals surface area contributed by atoms with Crippen LogP contribution in [0.25, 0.3) is 0 Å². The Morgan fingerprint density at radius 2 is 2.23 bits per heavy atom. The van der Waals surface area contributed by atoms with Crippen molar-refractivity contribution >= 4 is 0 Å². The van der Waals surface area contributed by atoms with E-state index in [0.717, 1.165) is 0 Å². The zero-order chi connectivity index (χ0) is 9.90. The quantitative estimate of drug-likeness (QED) is 0.743. The van der Waals surface area contributed by atoms with Gasteiger partial charge in [-0.05, 0) is 24.1 Å². The molecule has 3 N–H and O–H groups in total. The molecule has 1 aromatic carbocycles. The molecule has 0 spiro atoms. The Morgan fingerprint density at radius 1 is 1.54 bits per heavy atom. The van der Waals surface area contributed by atoms with Gasteiger partial charge in [0.05, 0.1) is 12.1 Å². The van der Waals surface area contributed by atoms with Gasteiger partial charge >= 0.3 is 0 Å². The highest BCUT2D eigenvalue weighted by molar-refractivity contribution is 5.24. The highest BCUT2D eigenvalue weighted by atomic mass is 19.1. The van der Waals surface area contributed by atoms with Crippen LogP contribution in [0.1, 0.15) is 18.9 Å². The van der Waals surface area contributed by atoms with Gasteiger partial charge in [-0.15, -0.1) is 0 Å². The Bertz CT molecular complexity index is 284. The summed E-state index contributed by atoms with van der Waals surface area (Å²) in [6, 6.07) is 6.04. The van der Waals surface area contributed by atoms with E-state index >= 15 is 0 Å². The third kappa shape index (κ3) is 2.05. The third-order valence-corrected chi connectivity index (χ3v) is 2.31. The molecule has 0 aromatic heterocycles. The summed E-state index contributed by atoms with van der Waals surface area (Å²) in [5.74, 6) is -0.325. The minimum Gasteiger partial charge on any atom is -0.394 e. The highest BCUT2D eigenvalue weighted by Gasteiger charge is 2.24. The van der Waals surface area contributed by atoms with Gasteiger partial charge in [0, 0.05) is 0 Å². The minimum atomic E-state index is -0.817. The summed E-state index contributed by atoms with van der Waals surface area (Å²) < 4.78 is 12.8. The van der Waals surface area contributed by atoms with E-state index in [1.54, 1.807) is 12.1 Å². The van der Waals surface area contributed by atoms with Crippen LogP contribution >= 0.6 is 0 Å². The van der Waals surface area contributed by atoms with Gasteiger partial charge in [-0.2, -0.15) is 0 Å². The van der Waals surface area contributed by atoms with Crippen molar-refractivity contribution in [1.29, 1.82) is 0 Å². The molecule has 0 radical (unpaired) electrons. The van der Waals surface area contributed by atoms with E-state index in [0.29, 0.717) is 12.0 Å². The molecule has 0 saturated heterocycles. The summed E-state index contributed by atoms with van der Waals surface area (Å²) in [6.07, 6.45) is 0.576. The summed E-state index contributed by atoms with van der Waals surface area (Å²) in [7, 11) is 0. The predicted molar refractivity (Wildman–Crippen MR) is 49.6 cm³/mol. The summed E-state index contributed by atoms with van der Waals surface area (Å²) in [5, 5.41) is 9.08. The molecular weight excluding hydrogens is 169 g/mol. The monoisotopic (exact) mass is 183 g/mol. The molecule has 0 heterocycles. The zero-order valence-electron chi connectivity index (χ0n) is 7.63. The largest absolute Gasteiger partial charge is 0.394 e. The van der Waals surface area contributed by atoms with E-state index in [1.807, 2.05) is 6.92 Å². The summed E-state index contributed by atoms with van der Waals surface area (Å²) in [4.78, 5) is 0. The summed E-state index contributed by atoms with van der Waals surface area (Å²) in [5.41, 5.74) is 5.69. The lowest BCUT2D eigenvalue weighted by Crippen LogP contribution is -2.39. The first-order valence-corrected chi connectivity index (χ1v) is 4.28. The van der Waals surface area contributed by atoms with Crippen LogP contribution < -0.4 is 5.73 Å². The number of halogens is 1.